The quantitative estimate of drug-likeness (QED) is 0.289. The number of ether oxygens (including phenoxy) is 1. The van der Waals surface area contributed by atoms with Crippen LogP contribution in [0.4, 0.5) is 10.5 Å². The molecular formula is C31H44N6O4. The van der Waals surface area contributed by atoms with Crippen molar-refractivity contribution in [1.82, 2.24) is 20.3 Å². The van der Waals surface area contributed by atoms with Crippen molar-refractivity contribution in [3.63, 3.8) is 0 Å². The van der Waals surface area contributed by atoms with Crippen molar-refractivity contribution in [2.75, 3.05) is 18.1 Å². The molecule has 222 valence electrons. The van der Waals surface area contributed by atoms with Crippen LogP contribution in [0.5, 0.6) is 0 Å². The van der Waals surface area contributed by atoms with E-state index in [4.69, 9.17) is 10.5 Å². The number of aromatic nitrogens is 3. The van der Waals surface area contributed by atoms with E-state index in [0.29, 0.717) is 38.9 Å². The number of alkyl carbamates (subject to hydrolysis) is 1. The van der Waals surface area contributed by atoms with E-state index in [1.54, 1.807) is 4.68 Å². The third-order valence-electron chi connectivity index (χ3n) is 7.60. The minimum atomic E-state index is -0.515. The Morgan fingerprint density at radius 1 is 1.07 bits per heavy atom. The Labute approximate surface area is 244 Å². The number of nitrogens with zero attached hydrogens (tertiary/aromatic N) is 4. The number of amides is 2. The Kier molecular flexibility index (Phi) is 10.2. The Morgan fingerprint density at radius 3 is 2.56 bits per heavy atom. The number of Topliss-reactive ketones (excluding diaryl/α,β-unsaturated/α-hetero) is 1. The van der Waals surface area contributed by atoms with Crippen molar-refractivity contribution >= 4 is 23.5 Å². The Bertz CT molecular complexity index is 1380. The molecule has 0 fully saturated rings. The Morgan fingerprint density at radius 2 is 1.80 bits per heavy atom. The fraction of sp³-hybridized carbons (Fsp3) is 0.452. The number of carbonyl (C=O) groups excluding carboxylic acids is 3. The van der Waals surface area contributed by atoms with Crippen molar-refractivity contribution in [2.45, 2.75) is 72.0 Å². The number of para-hydroxylation sites is 1. The van der Waals surface area contributed by atoms with E-state index in [9.17, 15) is 14.4 Å². The van der Waals surface area contributed by atoms with Crippen LogP contribution < -0.4 is 16.0 Å². The molecule has 0 aliphatic carbocycles. The zero-order valence-electron chi connectivity index (χ0n) is 24.1. The maximum Gasteiger partial charge on any atom is 0.407 e. The lowest BCUT2D eigenvalue weighted by atomic mass is 9.95. The molecule has 2 unspecified atom stereocenters. The molecule has 2 aromatic carbocycles. The second-order valence-corrected chi connectivity index (χ2v) is 10.4. The molecule has 2 amide bonds. The second-order valence-electron chi connectivity index (χ2n) is 10.4. The van der Waals surface area contributed by atoms with Crippen molar-refractivity contribution in [1.29, 1.82) is 0 Å². The molecule has 0 radical (unpaired) electrons. The first-order valence-electron chi connectivity index (χ1n) is 14.5. The van der Waals surface area contributed by atoms with E-state index in [2.05, 4.69) is 15.6 Å². The van der Waals surface area contributed by atoms with Crippen molar-refractivity contribution in [2.24, 2.45) is 11.7 Å². The molecule has 0 spiro atoms. The fourth-order valence-electron chi connectivity index (χ4n) is 5.05. The highest BCUT2D eigenvalue weighted by molar-refractivity contribution is 6.00. The second kappa shape index (κ2) is 14.0. The van der Waals surface area contributed by atoms with Crippen LogP contribution in [0.1, 0.15) is 61.3 Å². The molecule has 2 heterocycles. The summed E-state index contributed by atoms with van der Waals surface area (Å²) in [4.78, 5) is 39.3. The van der Waals surface area contributed by atoms with E-state index in [0.717, 1.165) is 46.6 Å². The molecule has 0 saturated heterocycles. The minimum Gasteiger partial charge on any atom is -0.448 e. The molecule has 2 atom stereocenters. The van der Waals surface area contributed by atoms with Crippen LogP contribution >= 0.6 is 0 Å². The topological polar surface area (TPSA) is 132 Å². The zero-order valence-corrected chi connectivity index (χ0v) is 24.1. The van der Waals surface area contributed by atoms with Gasteiger partial charge in [-0.1, -0.05) is 68.4 Å². The van der Waals surface area contributed by atoms with Gasteiger partial charge in [-0.2, -0.15) is 0 Å². The van der Waals surface area contributed by atoms with Gasteiger partial charge in [0.1, 0.15) is 12.3 Å². The van der Waals surface area contributed by atoms with Crippen LogP contribution in [0.15, 0.2) is 48.5 Å². The van der Waals surface area contributed by atoms with Crippen LogP contribution in [-0.2, 0) is 27.4 Å². The molecule has 0 saturated carbocycles. The monoisotopic (exact) mass is 564 g/mol. The van der Waals surface area contributed by atoms with Crippen molar-refractivity contribution < 1.29 is 22.0 Å². The van der Waals surface area contributed by atoms with Gasteiger partial charge in [0.25, 0.3) is 0 Å². The van der Waals surface area contributed by atoms with Gasteiger partial charge >= 0.3 is 6.09 Å². The maximum absolute atomic E-state index is 13.0. The Balaban J connectivity index is 0.00000323. The highest BCUT2D eigenvalue weighted by atomic mass is 16.5. The number of anilines is 1. The first-order chi connectivity index (χ1) is 19.8. The van der Waals surface area contributed by atoms with E-state index in [-0.39, 0.29) is 27.1 Å². The summed E-state index contributed by atoms with van der Waals surface area (Å²) in [7, 11) is 0. The number of nitrogens with one attached hydrogen (secondary N) is 1. The number of unbranched alkanes of at least 4 members (excludes halogenated alkanes) is 1. The predicted molar refractivity (Wildman–Crippen MR) is 162 cm³/mol. The van der Waals surface area contributed by atoms with Gasteiger partial charge in [0.2, 0.25) is 5.91 Å². The molecular weight excluding hydrogens is 520 g/mol. The lowest BCUT2D eigenvalue weighted by Gasteiger charge is -2.28. The van der Waals surface area contributed by atoms with E-state index in [1.165, 1.54) is 0 Å². The highest BCUT2D eigenvalue weighted by Gasteiger charge is 2.28. The molecule has 1 aromatic heterocycles. The molecule has 41 heavy (non-hydrogen) atoms. The lowest BCUT2D eigenvalue weighted by Crippen LogP contribution is -2.34. The van der Waals surface area contributed by atoms with Crippen LogP contribution in [0.3, 0.4) is 0 Å². The van der Waals surface area contributed by atoms with Crippen LogP contribution in [0.25, 0.3) is 22.5 Å². The third kappa shape index (κ3) is 7.00. The first-order valence-corrected chi connectivity index (χ1v) is 14.5. The summed E-state index contributed by atoms with van der Waals surface area (Å²) < 4.78 is 7.16. The highest BCUT2D eigenvalue weighted by Crippen LogP contribution is 2.41. The maximum atomic E-state index is 13.0. The minimum absolute atomic E-state index is 0. The molecule has 3 aromatic rings. The lowest BCUT2D eigenvalue weighted by molar-refractivity contribution is -0.124. The zero-order chi connectivity index (χ0) is 29.4. The molecule has 3 N–H and O–H groups in total. The largest absolute Gasteiger partial charge is 0.448 e. The molecule has 0 bridgehead atoms. The summed E-state index contributed by atoms with van der Waals surface area (Å²) in [5.74, 6) is 0.0969. The standard InChI is InChI=1S/C31H40N6O4.2H2/c1-4-21(3)30(39)25(32)15-10-11-17-33-31(40)41-19-18-37-29-24-14-8-9-16-26(24)36(27(38)5-2)20-22-12-6-7-13-23(22)28(29)34-35-37;;/h6-9,12-14,16,21,25H,4-5,10-11,15,17-20,32H2,1-3H3,(H,33,40);2*1H. The van der Waals surface area contributed by atoms with Gasteiger partial charge in [0, 0.05) is 32.9 Å². The van der Waals surface area contributed by atoms with Gasteiger partial charge in [0.05, 0.1) is 30.5 Å². The predicted octanol–water partition coefficient (Wildman–Crippen LogP) is 5.20. The number of benzene rings is 2. The van der Waals surface area contributed by atoms with Crippen LogP contribution in [-0.4, -0.2) is 52.0 Å². The number of nitrogens with two attached hydrogens (primary N) is 1. The summed E-state index contributed by atoms with van der Waals surface area (Å²) >= 11 is 0. The number of ketones is 1. The molecule has 10 nitrogen and oxygen atoms in total. The van der Waals surface area contributed by atoms with E-state index < -0.39 is 12.1 Å². The first kappa shape index (κ1) is 29.9. The number of rotatable bonds is 12. The summed E-state index contributed by atoms with van der Waals surface area (Å²) in [5.41, 5.74) is 11.0. The Hall–Kier alpha value is -4.05. The van der Waals surface area contributed by atoms with Gasteiger partial charge < -0.3 is 20.7 Å². The molecule has 1 aliphatic heterocycles. The van der Waals surface area contributed by atoms with Crippen LogP contribution in [0, 0.1) is 5.92 Å². The summed E-state index contributed by atoms with van der Waals surface area (Å²) in [5, 5.41) is 11.7. The smallest absolute Gasteiger partial charge is 0.407 e. The number of hydrogen-bond acceptors (Lipinski definition) is 7. The summed E-state index contributed by atoms with van der Waals surface area (Å²) in [6, 6.07) is 15.2. The van der Waals surface area contributed by atoms with Crippen LogP contribution in [0.2, 0.25) is 0 Å². The average molecular weight is 565 g/mol. The summed E-state index contributed by atoms with van der Waals surface area (Å²) in [6.07, 6.45) is 2.70. The van der Waals surface area contributed by atoms with E-state index in [1.807, 2.05) is 74.2 Å². The molecule has 4 rings (SSSR count). The number of hydrogen-bond donors (Lipinski definition) is 2. The normalized spacial score (nSPS) is 13.6. The SMILES string of the molecule is CCC(=O)N1Cc2ccccc2-c2nnn(CCOC(=O)NCCCCC(N)C(=O)C(C)CC)c2-c2ccccc21.[HH].[HH]. The van der Waals surface area contributed by atoms with Gasteiger partial charge in [-0.25, -0.2) is 9.48 Å². The third-order valence-corrected chi connectivity index (χ3v) is 7.60. The van der Waals surface area contributed by atoms with Gasteiger partial charge in [-0.3, -0.25) is 9.59 Å². The summed E-state index contributed by atoms with van der Waals surface area (Å²) in [6.45, 7) is 7.00. The number of fused-ring (bicyclic) bond motifs is 5. The fourth-order valence-corrected chi connectivity index (χ4v) is 5.05. The van der Waals surface area contributed by atoms with E-state index >= 15 is 0 Å². The van der Waals surface area contributed by atoms with Crippen molar-refractivity contribution in [3.05, 3.63) is 54.1 Å². The van der Waals surface area contributed by atoms with Gasteiger partial charge in [-0.05, 0) is 37.3 Å². The molecule has 1 aliphatic rings. The van der Waals surface area contributed by atoms with Gasteiger partial charge in [0.15, 0.2) is 5.78 Å². The number of carbonyl (C=O) groups is 3. The van der Waals surface area contributed by atoms with Gasteiger partial charge in [-0.15, -0.1) is 5.10 Å². The van der Waals surface area contributed by atoms with Crippen molar-refractivity contribution in [3.8, 4) is 22.5 Å². The average Bonchev–Trinajstić information content (AvgIpc) is 3.40. The molecule has 10 heteroatoms.